The summed E-state index contributed by atoms with van der Waals surface area (Å²) in [6.07, 6.45) is 1.63. The van der Waals surface area contributed by atoms with Crippen LogP contribution in [0.25, 0.3) is 16.9 Å². The predicted octanol–water partition coefficient (Wildman–Crippen LogP) is 3.43. The Morgan fingerprint density at radius 3 is 2.83 bits per heavy atom. The van der Waals surface area contributed by atoms with Crippen molar-refractivity contribution in [1.29, 1.82) is 0 Å². The van der Waals surface area contributed by atoms with Gasteiger partial charge in [-0.3, -0.25) is 14.0 Å². The number of hydroxylamine groups is 2. The van der Waals surface area contributed by atoms with Crippen LogP contribution in [0.1, 0.15) is 10.5 Å². The standard InChI is InChI=1S/C16H13ClFN3O2/c1-20(23-2)16(22)14-15(10-4-3-5-12(18)8-10)21-9-11(17)6-7-13(21)19-14/h3-9H,1-2H3. The van der Waals surface area contributed by atoms with Crippen molar-refractivity contribution >= 4 is 23.2 Å². The number of pyridine rings is 1. The summed E-state index contributed by atoms with van der Waals surface area (Å²) in [5.41, 5.74) is 1.66. The van der Waals surface area contributed by atoms with Gasteiger partial charge in [-0.05, 0) is 24.3 Å². The molecule has 0 aliphatic heterocycles. The fourth-order valence-electron chi connectivity index (χ4n) is 2.31. The van der Waals surface area contributed by atoms with Crippen molar-refractivity contribution in [3.63, 3.8) is 0 Å². The van der Waals surface area contributed by atoms with Crippen molar-refractivity contribution in [2.75, 3.05) is 14.2 Å². The third-order valence-electron chi connectivity index (χ3n) is 3.44. The van der Waals surface area contributed by atoms with Crippen LogP contribution in [0.2, 0.25) is 5.02 Å². The number of hydrogen-bond acceptors (Lipinski definition) is 3. The summed E-state index contributed by atoms with van der Waals surface area (Å²) in [6, 6.07) is 9.32. The summed E-state index contributed by atoms with van der Waals surface area (Å²) in [5, 5.41) is 1.54. The third-order valence-corrected chi connectivity index (χ3v) is 3.67. The van der Waals surface area contributed by atoms with Gasteiger partial charge in [-0.25, -0.2) is 14.4 Å². The second-order valence-electron chi connectivity index (χ2n) is 4.88. The average Bonchev–Trinajstić information content (AvgIpc) is 2.91. The van der Waals surface area contributed by atoms with Crippen LogP contribution in [-0.4, -0.2) is 34.5 Å². The molecule has 0 fully saturated rings. The third kappa shape index (κ3) is 2.78. The number of halogens is 2. The van der Waals surface area contributed by atoms with Crippen LogP contribution in [0.3, 0.4) is 0 Å². The number of fused-ring (bicyclic) bond motifs is 1. The molecule has 0 radical (unpaired) electrons. The number of carbonyl (C=O) groups excluding carboxylic acids is 1. The van der Waals surface area contributed by atoms with Gasteiger partial charge in [0.15, 0.2) is 5.69 Å². The van der Waals surface area contributed by atoms with Crippen LogP contribution in [0.15, 0.2) is 42.6 Å². The first-order valence-electron chi connectivity index (χ1n) is 6.77. The highest BCUT2D eigenvalue weighted by molar-refractivity contribution is 6.30. The first kappa shape index (κ1) is 15.5. The van der Waals surface area contributed by atoms with Crippen molar-refractivity contribution in [1.82, 2.24) is 14.4 Å². The Balaban J connectivity index is 2.31. The van der Waals surface area contributed by atoms with E-state index in [0.717, 1.165) is 5.06 Å². The monoisotopic (exact) mass is 333 g/mol. The Bertz CT molecular complexity index is 894. The van der Waals surface area contributed by atoms with E-state index in [9.17, 15) is 9.18 Å². The van der Waals surface area contributed by atoms with Gasteiger partial charge in [-0.2, -0.15) is 0 Å². The largest absolute Gasteiger partial charge is 0.298 e. The molecule has 0 saturated heterocycles. The fraction of sp³-hybridized carbons (Fsp3) is 0.125. The molecule has 5 nitrogen and oxygen atoms in total. The van der Waals surface area contributed by atoms with Gasteiger partial charge in [-0.1, -0.05) is 23.7 Å². The number of carbonyl (C=O) groups is 1. The summed E-state index contributed by atoms with van der Waals surface area (Å²) in [5.74, 6) is -0.843. The predicted molar refractivity (Wildman–Crippen MR) is 84.7 cm³/mol. The number of amides is 1. The lowest BCUT2D eigenvalue weighted by Crippen LogP contribution is -2.26. The molecule has 7 heteroatoms. The van der Waals surface area contributed by atoms with Crippen molar-refractivity contribution in [2.24, 2.45) is 0 Å². The Morgan fingerprint density at radius 1 is 1.35 bits per heavy atom. The Kier molecular flexibility index (Phi) is 4.02. The molecule has 3 aromatic rings. The van der Waals surface area contributed by atoms with Crippen molar-refractivity contribution < 1.29 is 14.0 Å². The molecular weight excluding hydrogens is 321 g/mol. The van der Waals surface area contributed by atoms with Gasteiger partial charge in [0.2, 0.25) is 0 Å². The highest BCUT2D eigenvalue weighted by Crippen LogP contribution is 2.28. The Morgan fingerprint density at radius 2 is 2.13 bits per heavy atom. The van der Waals surface area contributed by atoms with Gasteiger partial charge < -0.3 is 0 Å². The van der Waals surface area contributed by atoms with Crippen molar-refractivity contribution in [3.05, 3.63) is 59.1 Å². The van der Waals surface area contributed by atoms with Gasteiger partial charge >= 0.3 is 0 Å². The minimum Gasteiger partial charge on any atom is -0.297 e. The average molecular weight is 334 g/mol. The van der Waals surface area contributed by atoms with Crippen LogP contribution in [0, 0.1) is 5.82 Å². The lowest BCUT2D eigenvalue weighted by molar-refractivity contribution is -0.0759. The molecule has 0 bridgehead atoms. The fourth-order valence-corrected chi connectivity index (χ4v) is 2.47. The number of nitrogens with zero attached hydrogens (tertiary/aromatic N) is 3. The summed E-state index contributed by atoms with van der Waals surface area (Å²) >= 11 is 6.05. The number of imidazole rings is 1. The smallest absolute Gasteiger partial charge is 0.297 e. The van der Waals surface area contributed by atoms with Crippen LogP contribution < -0.4 is 0 Å². The molecule has 0 atom stereocenters. The van der Waals surface area contributed by atoms with Crippen LogP contribution in [0.4, 0.5) is 4.39 Å². The van der Waals surface area contributed by atoms with E-state index >= 15 is 0 Å². The maximum Gasteiger partial charge on any atom is 0.298 e. The molecular formula is C16H13ClFN3O2. The SMILES string of the molecule is CON(C)C(=O)c1nc2ccc(Cl)cn2c1-c1cccc(F)c1. The maximum atomic E-state index is 13.6. The molecule has 0 aliphatic carbocycles. The highest BCUT2D eigenvalue weighted by Gasteiger charge is 2.23. The molecule has 0 aliphatic rings. The van der Waals surface area contributed by atoms with E-state index < -0.39 is 11.7 Å². The van der Waals surface area contributed by atoms with E-state index in [4.69, 9.17) is 16.4 Å². The molecule has 118 valence electrons. The van der Waals surface area contributed by atoms with Crippen molar-refractivity contribution in [3.8, 4) is 11.3 Å². The number of hydrogen-bond donors (Lipinski definition) is 0. The van der Waals surface area contributed by atoms with Crippen molar-refractivity contribution in [2.45, 2.75) is 0 Å². The van der Waals surface area contributed by atoms with Gasteiger partial charge in [0.05, 0.1) is 17.8 Å². The minimum atomic E-state index is -0.438. The highest BCUT2D eigenvalue weighted by atomic mass is 35.5. The first-order chi connectivity index (χ1) is 11.0. The molecule has 2 heterocycles. The van der Waals surface area contributed by atoms with Gasteiger partial charge in [0.25, 0.3) is 5.91 Å². The summed E-state index contributed by atoms with van der Waals surface area (Å²) in [6.45, 7) is 0. The van der Waals surface area contributed by atoms with Gasteiger partial charge in [0, 0.05) is 18.8 Å². The van der Waals surface area contributed by atoms with Crippen LogP contribution >= 0.6 is 11.6 Å². The van der Waals surface area contributed by atoms with Gasteiger partial charge in [0.1, 0.15) is 11.5 Å². The van der Waals surface area contributed by atoms with Crippen LogP contribution in [0.5, 0.6) is 0 Å². The lowest BCUT2D eigenvalue weighted by atomic mass is 10.1. The van der Waals surface area contributed by atoms with E-state index in [1.54, 1.807) is 34.9 Å². The molecule has 1 amide bonds. The Hall–Kier alpha value is -2.44. The molecule has 0 N–H and O–H groups in total. The van der Waals surface area contributed by atoms with E-state index in [1.165, 1.54) is 26.3 Å². The molecule has 0 spiro atoms. The summed E-state index contributed by atoms with van der Waals surface area (Å²) < 4.78 is 15.3. The normalized spacial score (nSPS) is 11.0. The topological polar surface area (TPSA) is 46.8 Å². The maximum absolute atomic E-state index is 13.6. The lowest BCUT2D eigenvalue weighted by Gasteiger charge is -2.13. The number of benzene rings is 1. The zero-order valence-corrected chi connectivity index (χ0v) is 13.2. The van der Waals surface area contributed by atoms with Gasteiger partial charge in [-0.15, -0.1) is 0 Å². The zero-order valence-electron chi connectivity index (χ0n) is 12.5. The molecule has 23 heavy (non-hydrogen) atoms. The number of aromatic nitrogens is 2. The second kappa shape index (κ2) is 5.98. The number of rotatable bonds is 3. The molecule has 0 saturated carbocycles. The molecule has 0 unspecified atom stereocenters. The zero-order chi connectivity index (χ0) is 16.6. The Labute approximate surface area is 136 Å². The molecule has 2 aromatic heterocycles. The first-order valence-corrected chi connectivity index (χ1v) is 7.15. The second-order valence-corrected chi connectivity index (χ2v) is 5.32. The van der Waals surface area contributed by atoms with Crippen LogP contribution in [-0.2, 0) is 4.84 Å². The van der Waals surface area contributed by atoms with E-state index in [2.05, 4.69) is 4.98 Å². The minimum absolute atomic E-state index is 0.155. The summed E-state index contributed by atoms with van der Waals surface area (Å²) in [4.78, 5) is 21.8. The molecule has 1 aromatic carbocycles. The van der Waals surface area contributed by atoms with E-state index in [1.807, 2.05) is 0 Å². The quantitative estimate of drug-likeness (QED) is 0.690. The van der Waals surface area contributed by atoms with E-state index in [0.29, 0.717) is 21.9 Å². The molecule has 3 rings (SSSR count). The summed E-state index contributed by atoms with van der Waals surface area (Å²) in [7, 11) is 2.86. The van der Waals surface area contributed by atoms with E-state index in [-0.39, 0.29) is 5.69 Å².